The summed E-state index contributed by atoms with van der Waals surface area (Å²) in [5, 5.41) is 2.67. The molecule has 0 aliphatic carbocycles. The van der Waals surface area contributed by atoms with E-state index < -0.39 is 12.1 Å². The highest BCUT2D eigenvalue weighted by Crippen LogP contribution is 2.32. The Kier molecular flexibility index (Phi) is 3.78. The maximum Gasteiger partial charge on any atom is 0.468 e. The van der Waals surface area contributed by atoms with Gasteiger partial charge in [0.05, 0.1) is 12.5 Å². The molecular weight excluding hydrogens is 301 g/mol. The maximum absolute atomic E-state index is 12.5. The minimum absolute atomic E-state index is 0.0197. The molecule has 0 radical (unpaired) electrons. The lowest BCUT2D eigenvalue weighted by atomic mass is 10.0. The van der Waals surface area contributed by atoms with Crippen molar-refractivity contribution in [3.8, 4) is 0 Å². The number of nitrogens with one attached hydrogen (secondary N) is 1. The van der Waals surface area contributed by atoms with Crippen LogP contribution in [-0.2, 0) is 15.7 Å². The third kappa shape index (κ3) is 3.06. The van der Waals surface area contributed by atoms with Crippen molar-refractivity contribution in [3.63, 3.8) is 0 Å². The van der Waals surface area contributed by atoms with Gasteiger partial charge in [-0.25, -0.2) is 4.98 Å². The number of carbonyl (C=O) groups excluding carboxylic acids is 1. The zero-order valence-corrected chi connectivity index (χ0v) is 11.4. The van der Waals surface area contributed by atoms with Crippen LogP contribution in [0.4, 0.5) is 18.9 Å². The molecule has 1 aliphatic rings. The van der Waals surface area contributed by atoms with Gasteiger partial charge in [0.1, 0.15) is 5.52 Å². The molecular formula is C14H13F3N2O3. The third-order valence-electron chi connectivity index (χ3n) is 3.43. The lowest BCUT2D eigenvalue weighted by Crippen LogP contribution is -2.30. The first-order valence-electron chi connectivity index (χ1n) is 6.80. The van der Waals surface area contributed by atoms with Crippen LogP contribution in [0.25, 0.3) is 11.1 Å². The minimum Gasteiger partial charge on any atom is -0.433 e. The van der Waals surface area contributed by atoms with E-state index in [1.54, 1.807) is 0 Å². The van der Waals surface area contributed by atoms with Crippen molar-refractivity contribution < 1.29 is 27.1 Å². The number of aromatic nitrogens is 1. The van der Waals surface area contributed by atoms with Gasteiger partial charge in [0.25, 0.3) is 0 Å². The Morgan fingerprint density at radius 3 is 2.86 bits per heavy atom. The fourth-order valence-corrected chi connectivity index (χ4v) is 2.32. The number of hydrogen-bond acceptors (Lipinski definition) is 4. The number of alkyl halides is 3. The second-order valence-corrected chi connectivity index (χ2v) is 5.10. The third-order valence-corrected chi connectivity index (χ3v) is 3.43. The van der Waals surface area contributed by atoms with Gasteiger partial charge >= 0.3 is 12.1 Å². The normalized spacial score (nSPS) is 19.3. The number of oxazole rings is 1. The first-order valence-corrected chi connectivity index (χ1v) is 6.80. The Labute approximate surface area is 123 Å². The SMILES string of the molecule is O=C(Nc1ccc2oc(C(F)(F)F)nc2c1)C1CCCOC1. The highest BCUT2D eigenvalue weighted by Gasteiger charge is 2.37. The second-order valence-electron chi connectivity index (χ2n) is 5.10. The summed E-state index contributed by atoms with van der Waals surface area (Å²) in [6.45, 7) is 1.01. The average molecular weight is 314 g/mol. The molecule has 1 aromatic heterocycles. The molecule has 1 saturated heterocycles. The van der Waals surface area contributed by atoms with Crippen LogP contribution in [0.15, 0.2) is 22.6 Å². The van der Waals surface area contributed by atoms with Gasteiger partial charge in [-0.15, -0.1) is 0 Å². The molecule has 118 valence electrons. The Morgan fingerprint density at radius 2 is 2.18 bits per heavy atom. The lowest BCUT2D eigenvalue weighted by Gasteiger charge is -2.21. The van der Waals surface area contributed by atoms with Crippen LogP contribution in [0.2, 0.25) is 0 Å². The number of amides is 1. The summed E-state index contributed by atoms with van der Waals surface area (Å²) in [5.74, 6) is -1.75. The number of fused-ring (bicyclic) bond motifs is 1. The standard InChI is InChI=1S/C14H13F3N2O3/c15-14(16,17)13-19-10-6-9(3-4-11(10)22-13)18-12(20)8-2-1-5-21-7-8/h3-4,6,8H,1-2,5,7H2,(H,18,20). The van der Waals surface area contributed by atoms with E-state index >= 15 is 0 Å². The van der Waals surface area contributed by atoms with E-state index in [4.69, 9.17) is 4.74 Å². The van der Waals surface area contributed by atoms with Gasteiger partial charge in [-0.2, -0.15) is 13.2 Å². The van der Waals surface area contributed by atoms with Crippen molar-refractivity contribution in [2.75, 3.05) is 18.5 Å². The Morgan fingerprint density at radius 1 is 1.36 bits per heavy atom. The molecule has 1 amide bonds. The molecule has 1 atom stereocenters. The first kappa shape index (κ1) is 14.8. The smallest absolute Gasteiger partial charge is 0.433 e. The summed E-state index contributed by atoms with van der Waals surface area (Å²) >= 11 is 0. The molecule has 8 heteroatoms. The average Bonchev–Trinajstić information content (AvgIpc) is 2.91. The van der Waals surface area contributed by atoms with E-state index in [0.717, 1.165) is 12.8 Å². The number of anilines is 1. The summed E-state index contributed by atoms with van der Waals surface area (Å²) < 4.78 is 47.5. The fourth-order valence-electron chi connectivity index (χ4n) is 2.32. The summed E-state index contributed by atoms with van der Waals surface area (Å²) in [6, 6.07) is 4.19. The summed E-state index contributed by atoms with van der Waals surface area (Å²) in [6.07, 6.45) is -3.09. The molecule has 0 saturated carbocycles. The Balaban J connectivity index is 1.78. The largest absolute Gasteiger partial charge is 0.468 e. The molecule has 2 heterocycles. The molecule has 2 aromatic rings. The van der Waals surface area contributed by atoms with Crippen LogP contribution in [0.3, 0.4) is 0 Å². The molecule has 5 nitrogen and oxygen atoms in total. The van der Waals surface area contributed by atoms with Gasteiger partial charge in [0.15, 0.2) is 5.58 Å². The summed E-state index contributed by atoms with van der Waals surface area (Å²) in [7, 11) is 0. The van der Waals surface area contributed by atoms with Crippen LogP contribution >= 0.6 is 0 Å². The van der Waals surface area contributed by atoms with E-state index in [1.165, 1.54) is 18.2 Å². The van der Waals surface area contributed by atoms with Gasteiger partial charge in [0, 0.05) is 12.3 Å². The zero-order chi connectivity index (χ0) is 15.7. The van der Waals surface area contributed by atoms with Crippen LogP contribution in [0.5, 0.6) is 0 Å². The number of nitrogens with zero attached hydrogens (tertiary/aromatic N) is 1. The summed E-state index contributed by atoms with van der Waals surface area (Å²) in [5.41, 5.74) is 0.446. The Bertz CT molecular complexity index is 690. The second kappa shape index (κ2) is 5.60. The molecule has 1 fully saturated rings. The van der Waals surface area contributed by atoms with Crippen LogP contribution in [0.1, 0.15) is 18.7 Å². The number of rotatable bonds is 2. The van der Waals surface area contributed by atoms with Gasteiger partial charge in [-0.3, -0.25) is 4.79 Å². The molecule has 1 N–H and O–H groups in total. The van der Waals surface area contributed by atoms with Gasteiger partial charge in [-0.1, -0.05) is 0 Å². The number of hydrogen-bond donors (Lipinski definition) is 1. The van der Waals surface area contributed by atoms with Crippen LogP contribution < -0.4 is 5.32 Å². The van der Waals surface area contributed by atoms with E-state index in [0.29, 0.717) is 18.9 Å². The van der Waals surface area contributed by atoms with Crippen molar-refractivity contribution in [1.29, 1.82) is 0 Å². The molecule has 0 spiro atoms. The van der Waals surface area contributed by atoms with Crippen molar-refractivity contribution >= 4 is 22.7 Å². The Hall–Kier alpha value is -2.09. The van der Waals surface area contributed by atoms with E-state index in [1.807, 2.05) is 0 Å². The van der Waals surface area contributed by atoms with E-state index in [-0.39, 0.29) is 22.9 Å². The lowest BCUT2D eigenvalue weighted by molar-refractivity contribution is -0.156. The highest BCUT2D eigenvalue weighted by molar-refractivity contribution is 5.94. The predicted molar refractivity (Wildman–Crippen MR) is 71.2 cm³/mol. The quantitative estimate of drug-likeness (QED) is 0.924. The van der Waals surface area contributed by atoms with Crippen molar-refractivity contribution in [2.24, 2.45) is 5.92 Å². The monoisotopic (exact) mass is 314 g/mol. The van der Waals surface area contributed by atoms with Gasteiger partial charge in [0.2, 0.25) is 5.91 Å². The molecule has 1 aromatic carbocycles. The van der Waals surface area contributed by atoms with E-state index in [2.05, 4.69) is 14.7 Å². The maximum atomic E-state index is 12.5. The van der Waals surface area contributed by atoms with Gasteiger partial charge in [-0.05, 0) is 31.0 Å². The van der Waals surface area contributed by atoms with Crippen molar-refractivity contribution in [2.45, 2.75) is 19.0 Å². The van der Waals surface area contributed by atoms with Crippen LogP contribution in [0, 0.1) is 5.92 Å². The number of halogens is 3. The number of ether oxygens (including phenoxy) is 1. The summed E-state index contributed by atoms with van der Waals surface area (Å²) in [4.78, 5) is 15.4. The van der Waals surface area contributed by atoms with Gasteiger partial charge < -0.3 is 14.5 Å². The zero-order valence-electron chi connectivity index (χ0n) is 11.4. The number of carbonyl (C=O) groups is 1. The molecule has 1 aliphatic heterocycles. The number of benzene rings is 1. The predicted octanol–water partition coefficient (Wildman–Crippen LogP) is 3.21. The van der Waals surface area contributed by atoms with Crippen molar-refractivity contribution in [1.82, 2.24) is 4.98 Å². The first-order chi connectivity index (χ1) is 10.4. The topological polar surface area (TPSA) is 64.4 Å². The molecule has 1 unspecified atom stereocenters. The van der Waals surface area contributed by atoms with Crippen LogP contribution in [-0.4, -0.2) is 24.1 Å². The molecule has 3 rings (SSSR count). The van der Waals surface area contributed by atoms with Crippen molar-refractivity contribution in [3.05, 3.63) is 24.1 Å². The van der Waals surface area contributed by atoms with E-state index in [9.17, 15) is 18.0 Å². The molecule has 0 bridgehead atoms. The fraction of sp³-hybridized carbons (Fsp3) is 0.429. The highest BCUT2D eigenvalue weighted by atomic mass is 19.4. The minimum atomic E-state index is -4.64. The molecule has 22 heavy (non-hydrogen) atoms.